The van der Waals surface area contributed by atoms with Crippen molar-refractivity contribution in [3.8, 4) is 0 Å². The fourth-order valence-electron chi connectivity index (χ4n) is 3.98. The van der Waals surface area contributed by atoms with Crippen molar-refractivity contribution in [2.45, 2.75) is 44.1 Å². The van der Waals surface area contributed by atoms with E-state index < -0.39 is 42.0 Å². The second-order valence-electron chi connectivity index (χ2n) is 7.02. The van der Waals surface area contributed by atoms with Crippen LogP contribution in [-0.4, -0.2) is 85.3 Å². The van der Waals surface area contributed by atoms with Gasteiger partial charge in [0.15, 0.2) is 0 Å². The summed E-state index contributed by atoms with van der Waals surface area (Å²) < 4.78 is 0. The number of thioether (sulfide) groups is 1. The number of aliphatic hydroxyl groups is 2. The molecule has 3 heterocycles. The lowest BCUT2D eigenvalue weighted by atomic mass is 9.83. The molecule has 27 heavy (non-hydrogen) atoms. The van der Waals surface area contributed by atoms with E-state index in [2.05, 4.69) is 0 Å². The van der Waals surface area contributed by atoms with Crippen LogP contribution in [0.1, 0.15) is 19.8 Å². The minimum absolute atomic E-state index is 0.0604. The number of β-lactam (4-membered cyclic amide) rings is 1. The number of β-amino-alcohol motifs (C(OH)–C–C–N with tert-alkyl or cyclic N) is 1. The van der Waals surface area contributed by atoms with Crippen molar-refractivity contribution in [1.29, 1.82) is 5.41 Å². The van der Waals surface area contributed by atoms with E-state index >= 15 is 0 Å². The number of likely N-dealkylation sites (tertiary alicyclic amines) is 1. The zero-order chi connectivity index (χ0) is 20.0. The van der Waals surface area contributed by atoms with Gasteiger partial charge in [-0.05, 0) is 6.92 Å². The summed E-state index contributed by atoms with van der Waals surface area (Å²) in [6.07, 6.45) is -1.15. The molecule has 0 aromatic carbocycles. The number of hydrogen-bond donors (Lipinski definition) is 5. The number of primary amides is 1. The SMILES string of the molecule is C[C@@H](O)[C@H]1C(=O)N2C(C(=O)O)=C(SCC(=N)N3C[C@H](O)C[C@H]3C(N)=O)C[C@H]12. The van der Waals surface area contributed by atoms with Gasteiger partial charge in [-0.25, -0.2) is 4.79 Å². The number of amidine groups is 1. The molecule has 3 aliphatic heterocycles. The van der Waals surface area contributed by atoms with E-state index in [9.17, 15) is 29.7 Å². The molecule has 0 aromatic rings. The molecule has 10 nitrogen and oxygen atoms in total. The Morgan fingerprint density at radius 1 is 1.44 bits per heavy atom. The van der Waals surface area contributed by atoms with E-state index in [0.717, 1.165) is 11.8 Å². The zero-order valence-electron chi connectivity index (χ0n) is 14.7. The topological polar surface area (TPSA) is 168 Å². The number of nitrogens with two attached hydrogens (primary N) is 1. The van der Waals surface area contributed by atoms with Crippen LogP contribution in [0.15, 0.2) is 10.6 Å². The first kappa shape index (κ1) is 19.6. The number of rotatable bonds is 6. The molecule has 0 spiro atoms. The summed E-state index contributed by atoms with van der Waals surface area (Å²) in [7, 11) is 0. The number of hydrogen-bond acceptors (Lipinski definition) is 7. The second kappa shape index (κ2) is 7.13. The maximum atomic E-state index is 12.2. The highest BCUT2D eigenvalue weighted by Crippen LogP contribution is 2.47. The molecule has 6 N–H and O–H groups in total. The minimum atomic E-state index is -1.23. The first-order valence-corrected chi connectivity index (χ1v) is 9.53. The van der Waals surface area contributed by atoms with Gasteiger partial charge in [0.25, 0.3) is 0 Å². The Bertz CT molecular complexity index is 738. The molecule has 2 saturated heterocycles. The molecule has 0 unspecified atom stereocenters. The standard InChI is InChI=1S/C16H22N4O6S/c1-6(21)12-8-3-10(13(16(25)26)20(8)15(12)24)27-5-11(17)19-4-7(22)2-9(19)14(18)23/h6-9,12,17,21-22H,2-5H2,1H3,(H2,18,23)(H,25,26)/t6-,7-,8-,9+,12-/m1/s1. The van der Waals surface area contributed by atoms with Crippen molar-refractivity contribution < 1.29 is 29.7 Å². The maximum Gasteiger partial charge on any atom is 0.353 e. The molecule has 0 saturated carbocycles. The van der Waals surface area contributed by atoms with Gasteiger partial charge in [-0.1, -0.05) is 0 Å². The summed E-state index contributed by atoms with van der Waals surface area (Å²) in [5.41, 5.74) is 5.22. The van der Waals surface area contributed by atoms with Gasteiger partial charge in [0.05, 0.1) is 29.9 Å². The fraction of sp³-hybridized carbons (Fsp3) is 0.625. The Morgan fingerprint density at radius 3 is 2.67 bits per heavy atom. The molecule has 3 rings (SSSR count). The van der Waals surface area contributed by atoms with Crippen molar-refractivity contribution >= 4 is 35.4 Å². The van der Waals surface area contributed by atoms with Gasteiger partial charge in [-0.2, -0.15) is 0 Å². The summed E-state index contributed by atoms with van der Waals surface area (Å²) in [4.78, 5) is 38.4. The molecule has 11 heteroatoms. The first-order chi connectivity index (χ1) is 12.6. The molecule has 0 aliphatic carbocycles. The Labute approximate surface area is 159 Å². The Morgan fingerprint density at radius 2 is 2.11 bits per heavy atom. The number of carbonyl (C=O) groups excluding carboxylic acids is 2. The third-order valence-electron chi connectivity index (χ3n) is 5.23. The molecule has 0 bridgehead atoms. The van der Waals surface area contributed by atoms with Crippen LogP contribution in [0.4, 0.5) is 0 Å². The quantitative estimate of drug-likeness (QED) is 0.205. The fourth-order valence-corrected chi connectivity index (χ4v) is 5.07. The van der Waals surface area contributed by atoms with Gasteiger partial charge in [-0.3, -0.25) is 15.0 Å². The molecule has 0 radical (unpaired) electrons. The van der Waals surface area contributed by atoms with Gasteiger partial charge in [0.2, 0.25) is 11.8 Å². The highest BCUT2D eigenvalue weighted by Gasteiger charge is 2.56. The number of fused-ring (bicyclic) bond motifs is 1. The number of aliphatic hydroxyl groups excluding tert-OH is 2. The smallest absolute Gasteiger partial charge is 0.353 e. The molecule has 0 aromatic heterocycles. The van der Waals surface area contributed by atoms with Crippen molar-refractivity contribution in [3.05, 3.63) is 10.6 Å². The summed E-state index contributed by atoms with van der Waals surface area (Å²) in [5, 5.41) is 37.2. The molecule has 2 amide bonds. The van der Waals surface area contributed by atoms with E-state index in [-0.39, 0.29) is 36.3 Å². The number of aliphatic carboxylic acids is 1. The minimum Gasteiger partial charge on any atom is -0.477 e. The molecule has 5 atom stereocenters. The van der Waals surface area contributed by atoms with Crippen LogP contribution >= 0.6 is 11.8 Å². The van der Waals surface area contributed by atoms with Gasteiger partial charge >= 0.3 is 5.97 Å². The summed E-state index contributed by atoms with van der Waals surface area (Å²) in [5.74, 6) is -2.74. The van der Waals surface area contributed by atoms with Crippen LogP contribution in [0.3, 0.4) is 0 Å². The molecule has 148 valence electrons. The lowest BCUT2D eigenvalue weighted by Crippen LogP contribution is -2.61. The van der Waals surface area contributed by atoms with Crippen LogP contribution < -0.4 is 5.73 Å². The predicted molar refractivity (Wildman–Crippen MR) is 95.6 cm³/mol. The van der Waals surface area contributed by atoms with Crippen LogP contribution in [0.5, 0.6) is 0 Å². The molecule has 3 aliphatic rings. The van der Waals surface area contributed by atoms with Crippen LogP contribution in [0.2, 0.25) is 0 Å². The lowest BCUT2D eigenvalue weighted by Gasteiger charge is -2.44. The average molecular weight is 398 g/mol. The van der Waals surface area contributed by atoms with E-state index in [1.54, 1.807) is 0 Å². The van der Waals surface area contributed by atoms with Crippen molar-refractivity contribution in [3.63, 3.8) is 0 Å². The highest BCUT2D eigenvalue weighted by molar-refractivity contribution is 8.03. The number of nitrogens with one attached hydrogen (secondary N) is 1. The average Bonchev–Trinajstić information content (AvgIpc) is 3.10. The van der Waals surface area contributed by atoms with Gasteiger partial charge in [-0.15, -0.1) is 11.8 Å². The van der Waals surface area contributed by atoms with Crippen molar-refractivity contribution in [2.24, 2.45) is 11.7 Å². The number of carbonyl (C=O) groups is 3. The predicted octanol–water partition coefficient (Wildman–Crippen LogP) is -1.47. The number of carboxylic acids is 1. The maximum absolute atomic E-state index is 12.2. The molecule has 2 fully saturated rings. The summed E-state index contributed by atoms with van der Waals surface area (Å²) in [6, 6.07) is -1.14. The Kier molecular flexibility index (Phi) is 5.19. The van der Waals surface area contributed by atoms with Gasteiger partial charge < -0.3 is 30.9 Å². The zero-order valence-corrected chi connectivity index (χ0v) is 15.5. The lowest BCUT2D eigenvalue weighted by molar-refractivity contribution is -0.161. The van der Waals surface area contributed by atoms with Crippen LogP contribution in [0.25, 0.3) is 0 Å². The summed E-state index contributed by atoms with van der Waals surface area (Å²) >= 11 is 1.12. The van der Waals surface area contributed by atoms with Crippen molar-refractivity contribution in [2.75, 3.05) is 12.3 Å². The third-order valence-corrected chi connectivity index (χ3v) is 6.35. The largest absolute Gasteiger partial charge is 0.477 e. The van der Waals surface area contributed by atoms with Gasteiger partial charge in [0.1, 0.15) is 17.6 Å². The van der Waals surface area contributed by atoms with Crippen molar-refractivity contribution in [1.82, 2.24) is 9.80 Å². The molecular weight excluding hydrogens is 376 g/mol. The molecular formula is C16H22N4O6S. The van der Waals surface area contributed by atoms with E-state index in [1.807, 2.05) is 0 Å². The van der Waals surface area contributed by atoms with Crippen LogP contribution in [-0.2, 0) is 14.4 Å². The second-order valence-corrected chi connectivity index (χ2v) is 8.09. The number of carboxylic acid groups (broad SMARTS) is 1. The monoisotopic (exact) mass is 398 g/mol. The highest BCUT2D eigenvalue weighted by atomic mass is 32.2. The van der Waals surface area contributed by atoms with Gasteiger partial charge in [0, 0.05) is 24.3 Å². The van der Waals surface area contributed by atoms with Crippen LogP contribution in [0, 0.1) is 11.3 Å². The third kappa shape index (κ3) is 3.30. The number of amides is 2. The van der Waals surface area contributed by atoms with E-state index in [0.29, 0.717) is 11.3 Å². The summed E-state index contributed by atoms with van der Waals surface area (Å²) in [6.45, 7) is 1.62. The first-order valence-electron chi connectivity index (χ1n) is 8.55. The number of nitrogens with zero attached hydrogens (tertiary/aromatic N) is 2. The normalized spacial score (nSPS) is 31.0. The Balaban J connectivity index is 1.70. The van der Waals surface area contributed by atoms with E-state index in [4.69, 9.17) is 11.1 Å². The Hall–Kier alpha value is -2.11. The van der Waals surface area contributed by atoms with E-state index in [1.165, 1.54) is 16.7 Å².